The molecule has 3 rings (SSSR count). The minimum absolute atomic E-state index is 0.411. The number of benzene rings is 1. The molecule has 1 aromatic carbocycles. The van der Waals surface area contributed by atoms with Crippen molar-refractivity contribution in [2.24, 2.45) is 0 Å². The van der Waals surface area contributed by atoms with Gasteiger partial charge in [0.05, 0.1) is 24.6 Å². The lowest BCUT2D eigenvalue weighted by atomic mass is 10.0. The van der Waals surface area contributed by atoms with Crippen molar-refractivity contribution in [3.05, 3.63) is 23.3 Å². The highest BCUT2D eigenvalue weighted by Crippen LogP contribution is 2.33. The molecule has 6 nitrogen and oxygen atoms in total. The lowest BCUT2D eigenvalue weighted by Gasteiger charge is -2.31. The van der Waals surface area contributed by atoms with E-state index in [0.29, 0.717) is 0 Å². The number of anilines is 2. The summed E-state index contributed by atoms with van der Waals surface area (Å²) in [6.07, 6.45) is -1.18. The zero-order valence-electron chi connectivity index (χ0n) is 11.5. The molecule has 0 aliphatic carbocycles. The van der Waals surface area contributed by atoms with E-state index in [9.17, 15) is 9.90 Å². The van der Waals surface area contributed by atoms with Crippen LogP contribution in [0.3, 0.4) is 0 Å². The lowest BCUT2D eigenvalue weighted by Crippen LogP contribution is -2.40. The van der Waals surface area contributed by atoms with Gasteiger partial charge in [-0.25, -0.2) is 0 Å². The second-order valence-electron chi connectivity index (χ2n) is 5.21. The van der Waals surface area contributed by atoms with Gasteiger partial charge in [0.15, 0.2) is 0 Å². The number of rotatable bonds is 2. The summed E-state index contributed by atoms with van der Waals surface area (Å²) < 4.78 is 5.35. The molecule has 0 aromatic heterocycles. The molecule has 6 heteroatoms. The molecule has 1 amide bonds. The Kier molecular flexibility index (Phi) is 3.60. The Morgan fingerprint density at radius 1 is 1.40 bits per heavy atom. The fraction of sp³-hybridized carbons (Fsp3) is 0.500. The number of ether oxygens (including phenoxy) is 1. The van der Waals surface area contributed by atoms with Crippen molar-refractivity contribution in [1.82, 2.24) is 4.90 Å². The van der Waals surface area contributed by atoms with Crippen LogP contribution in [0.25, 0.3) is 0 Å². The molecule has 1 aromatic rings. The van der Waals surface area contributed by atoms with Gasteiger partial charge < -0.3 is 20.5 Å². The molecule has 2 aliphatic heterocycles. The van der Waals surface area contributed by atoms with E-state index in [0.717, 1.165) is 55.3 Å². The highest BCUT2D eigenvalue weighted by atomic mass is 16.5. The van der Waals surface area contributed by atoms with E-state index in [-0.39, 0.29) is 0 Å². The summed E-state index contributed by atoms with van der Waals surface area (Å²) in [5.41, 5.74) is 3.78. The molecule has 1 fully saturated rings. The summed E-state index contributed by atoms with van der Waals surface area (Å²) in [6, 6.07) is 3.89. The number of aliphatic hydroxyl groups is 1. The van der Waals surface area contributed by atoms with Crippen LogP contribution in [0.15, 0.2) is 12.1 Å². The number of fused-ring (bicyclic) bond motifs is 1. The first kappa shape index (κ1) is 13.4. The average Bonchev–Trinajstić information content (AvgIpc) is 2.45. The van der Waals surface area contributed by atoms with Gasteiger partial charge in [0, 0.05) is 19.6 Å². The zero-order chi connectivity index (χ0) is 14.1. The van der Waals surface area contributed by atoms with Gasteiger partial charge in [0.1, 0.15) is 0 Å². The maximum Gasteiger partial charge on any atom is 0.274 e. The van der Waals surface area contributed by atoms with E-state index < -0.39 is 12.1 Å². The minimum Gasteiger partial charge on any atom is -0.379 e. The number of amides is 1. The van der Waals surface area contributed by atoms with E-state index in [1.165, 1.54) is 0 Å². The molecule has 3 N–H and O–H groups in total. The predicted molar refractivity (Wildman–Crippen MR) is 75.5 cm³/mol. The van der Waals surface area contributed by atoms with E-state index >= 15 is 0 Å². The van der Waals surface area contributed by atoms with Gasteiger partial charge in [-0.2, -0.15) is 0 Å². The summed E-state index contributed by atoms with van der Waals surface area (Å²) in [4.78, 5) is 14.0. The Labute approximate surface area is 117 Å². The fourth-order valence-electron chi connectivity index (χ4n) is 2.61. The third kappa shape index (κ3) is 2.49. The topological polar surface area (TPSA) is 73.8 Å². The van der Waals surface area contributed by atoms with Crippen LogP contribution < -0.4 is 10.6 Å². The first-order chi connectivity index (χ1) is 9.65. The van der Waals surface area contributed by atoms with Crippen molar-refractivity contribution in [2.75, 3.05) is 36.9 Å². The van der Waals surface area contributed by atoms with Crippen molar-refractivity contribution < 1.29 is 14.6 Å². The SMILES string of the molecule is Cc1ccc2c(c1CN1CCOCC1)NC(=O)C(O)N2. The molecule has 2 aliphatic rings. The predicted octanol–water partition coefficient (Wildman–Crippen LogP) is 0.510. The van der Waals surface area contributed by atoms with Gasteiger partial charge in [-0.3, -0.25) is 9.69 Å². The second kappa shape index (κ2) is 5.40. The van der Waals surface area contributed by atoms with Gasteiger partial charge in [-0.1, -0.05) is 6.07 Å². The summed E-state index contributed by atoms with van der Waals surface area (Å²) in [5.74, 6) is -0.411. The highest BCUT2D eigenvalue weighted by Gasteiger charge is 2.26. The molecular weight excluding hydrogens is 258 g/mol. The lowest BCUT2D eigenvalue weighted by molar-refractivity contribution is -0.122. The second-order valence-corrected chi connectivity index (χ2v) is 5.21. The van der Waals surface area contributed by atoms with Gasteiger partial charge in [-0.05, 0) is 24.1 Å². The number of hydrogen-bond donors (Lipinski definition) is 3. The standard InChI is InChI=1S/C14H19N3O3/c1-9-2-3-11-12(16-14(19)13(18)15-11)10(9)8-17-4-6-20-7-5-17/h2-3,13,15,18H,4-8H2,1H3,(H,16,19). The Morgan fingerprint density at radius 3 is 2.90 bits per heavy atom. The van der Waals surface area contributed by atoms with Crippen LogP contribution in [-0.2, 0) is 16.1 Å². The van der Waals surface area contributed by atoms with Crippen LogP contribution in [0.1, 0.15) is 11.1 Å². The zero-order valence-corrected chi connectivity index (χ0v) is 11.5. The Morgan fingerprint density at radius 2 is 2.15 bits per heavy atom. The molecular formula is C14H19N3O3. The molecule has 0 bridgehead atoms. The number of carbonyl (C=O) groups is 1. The molecule has 1 saturated heterocycles. The minimum atomic E-state index is -1.18. The molecule has 0 radical (unpaired) electrons. The number of nitrogens with zero attached hydrogens (tertiary/aromatic N) is 1. The Hall–Kier alpha value is -1.63. The monoisotopic (exact) mass is 277 g/mol. The summed E-state index contributed by atoms with van der Waals surface area (Å²) in [7, 11) is 0. The van der Waals surface area contributed by atoms with Crippen LogP contribution >= 0.6 is 0 Å². The van der Waals surface area contributed by atoms with Crippen molar-refractivity contribution in [3.8, 4) is 0 Å². The van der Waals surface area contributed by atoms with Crippen LogP contribution in [-0.4, -0.2) is 48.4 Å². The maximum atomic E-state index is 11.7. The third-order valence-corrected chi connectivity index (χ3v) is 3.82. The molecule has 1 atom stereocenters. The Balaban J connectivity index is 1.89. The number of carbonyl (C=O) groups excluding carboxylic acids is 1. The van der Waals surface area contributed by atoms with E-state index in [2.05, 4.69) is 15.5 Å². The number of aryl methyl sites for hydroxylation is 1. The van der Waals surface area contributed by atoms with Gasteiger partial charge in [0.2, 0.25) is 6.23 Å². The van der Waals surface area contributed by atoms with Crippen LogP contribution in [0.4, 0.5) is 11.4 Å². The van der Waals surface area contributed by atoms with Crippen molar-refractivity contribution in [1.29, 1.82) is 0 Å². The number of morpholine rings is 1. The molecule has 2 heterocycles. The van der Waals surface area contributed by atoms with Gasteiger partial charge >= 0.3 is 0 Å². The van der Waals surface area contributed by atoms with E-state index in [4.69, 9.17) is 4.74 Å². The average molecular weight is 277 g/mol. The first-order valence-corrected chi connectivity index (χ1v) is 6.83. The Bertz CT molecular complexity index is 527. The fourth-order valence-corrected chi connectivity index (χ4v) is 2.61. The molecule has 108 valence electrons. The van der Waals surface area contributed by atoms with Crippen LogP contribution in [0, 0.1) is 6.92 Å². The molecule has 1 unspecified atom stereocenters. The molecule has 20 heavy (non-hydrogen) atoms. The third-order valence-electron chi connectivity index (χ3n) is 3.82. The largest absolute Gasteiger partial charge is 0.379 e. The smallest absolute Gasteiger partial charge is 0.274 e. The van der Waals surface area contributed by atoms with Gasteiger partial charge in [0.25, 0.3) is 5.91 Å². The number of nitrogens with one attached hydrogen (secondary N) is 2. The molecule has 0 saturated carbocycles. The van der Waals surface area contributed by atoms with Crippen molar-refractivity contribution >= 4 is 17.3 Å². The van der Waals surface area contributed by atoms with E-state index in [1.54, 1.807) is 0 Å². The highest BCUT2D eigenvalue weighted by molar-refractivity contribution is 6.03. The summed E-state index contributed by atoms with van der Waals surface area (Å²) >= 11 is 0. The maximum absolute atomic E-state index is 11.7. The normalized spacial score (nSPS) is 22.9. The summed E-state index contributed by atoms with van der Waals surface area (Å²) in [5, 5.41) is 15.2. The first-order valence-electron chi connectivity index (χ1n) is 6.83. The van der Waals surface area contributed by atoms with Crippen molar-refractivity contribution in [3.63, 3.8) is 0 Å². The van der Waals surface area contributed by atoms with E-state index in [1.807, 2.05) is 19.1 Å². The summed E-state index contributed by atoms with van der Waals surface area (Å²) in [6.45, 7) is 6.10. The number of hydrogen-bond acceptors (Lipinski definition) is 5. The van der Waals surface area contributed by atoms with Gasteiger partial charge in [-0.15, -0.1) is 0 Å². The number of aliphatic hydroxyl groups excluding tert-OH is 1. The van der Waals surface area contributed by atoms with Crippen LogP contribution in [0.5, 0.6) is 0 Å². The van der Waals surface area contributed by atoms with Crippen molar-refractivity contribution in [2.45, 2.75) is 19.7 Å². The molecule has 0 spiro atoms. The van der Waals surface area contributed by atoms with Crippen LogP contribution in [0.2, 0.25) is 0 Å². The quantitative estimate of drug-likeness (QED) is 0.734.